The number of methoxy groups -OCH3 is 1. The number of aromatic amines is 1. The molecule has 5 rings (SSSR count). The maximum absolute atomic E-state index is 13.5. The Kier molecular flexibility index (Phi) is 6.56. The van der Waals surface area contributed by atoms with Gasteiger partial charge in [0.15, 0.2) is 17.5 Å². The van der Waals surface area contributed by atoms with Gasteiger partial charge in [-0.25, -0.2) is 18.7 Å². The number of ether oxygens (including phenoxy) is 1. The molecule has 35 heavy (non-hydrogen) atoms. The Hall–Kier alpha value is -3.63. The number of halogens is 2. The lowest BCUT2D eigenvalue weighted by molar-refractivity contribution is -0.119. The van der Waals surface area contributed by atoms with Crippen LogP contribution in [-0.2, 0) is 16.0 Å². The van der Waals surface area contributed by atoms with Crippen LogP contribution in [0.25, 0.3) is 21.9 Å². The van der Waals surface area contributed by atoms with Crippen molar-refractivity contribution < 1.29 is 18.3 Å². The number of hydrogen-bond acceptors (Lipinski definition) is 6. The Balaban J connectivity index is 1.28. The Bertz CT molecular complexity index is 1370. The van der Waals surface area contributed by atoms with Gasteiger partial charge in [0.25, 0.3) is 0 Å². The van der Waals surface area contributed by atoms with Crippen molar-refractivity contribution in [2.45, 2.75) is 6.42 Å². The summed E-state index contributed by atoms with van der Waals surface area (Å²) < 4.78 is 31.5. The number of anilines is 2. The molecule has 0 spiro atoms. The van der Waals surface area contributed by atoms with Crippen molar-refractivity contribution in [3.63, 3.8) is 0 Å². The van der Waals surface area contributed by atoms with Crippen LogP contribution in [0.4, 0.5) is 20.3 Å². The van der Waals surface area contributed by atoms with Crippen molar-refractivity contribution in [1.29, 1.82) is 0 Å². The first-order valence-corrected chi connectivity index (χ1v) is 11.5. The lowest BCUT2D eigenvalue weighted by Crippen LogP contribution is -2.47. The summed E-state index contributed by atoms with van der Waals surface area (Å²) in [6.45, 7) is 4.03. The number of benzene rings is 2. The maximum Gasteiger partial charge on any atom is 0.250 e. The highest BCUT2D eigenvalue weighted by molar-refractivity contribution is 6.09. The van der Waals surface area contributed by atoms with Gasteiger partial charge in [0, 0.05) is 56.4 Å². The Morgan fingerprint density at radius 2 is 1.91 bits per heavy atom. The summed E-state index contributed by atoms with van der Waals surface area (Å²) in [6.07, 6.45) is 2.23. The number of rotatable bonds is 7. The molecular weight excluding hydrogens is 454 g/mol. The van der Waals surface area contributed by atoms with E-state index in [0.29, 0.717) is 12.1 Å². The molecule has 10 heteroatoms. The van der Waals surface area contributed by atoms with Crippen LogP contribution >= 0.6 is 0 Å². The van der Waals surface area contributed by atoms with E-state index in [4.69, 9.17) is 4.74 Å². The van der Waals surface area contributed by atoms with E-state index >= 15 is 0 Å². The zero-order valence-electron chi connectivity index (χ0n) is 19.4. The number of H-pyrrole nitrogens is 1. The van der Waals surface area contributed by atoms with Gasteiger partial charge in [0.2, 0.25) is 5.91 Å². The fourth-order valence-electron chi connectivity index (χ4n) is 4.49. The molecule has 1 aliphatic heterocycles. The molecule has 8 nitrogen and oxygen atoms in total. The highest BCUT2D eigenvalue weighted by Crippen LogP contribution is 2.31. The lowest BCUT2D eigenvalue weighted by Gasteiger charge is -2.35. The van der Waals surface area contributed by atoms with Gasteiger partial charge in [-0.1, -0.05) is 6.07 Å². The predicted molar refractivity (Wildman–Crippen MR) is 131 cm³/mol. The summed E-state index contributed by atoms with van der Waals surface area (Å²) in [4.78, 5) is 28.9. The van der Waals surface area contributed by atoms with Gasteiger partial charge in [-0.15, -0.1) is 0 Å². The summed E-state index contributed by atoms with van der Waals surface area (Å²) in [7, 11) is 1.48. The molecule has 0 unspecified atom stereocenters. The number of carbonyl (C=O) groups is 1. The van der Waals surface area contributed by atoms with Crippen molar-refractivity contribution >= 4 is 39.3 Å². The monoisotopic (exact) mass is 480 g/mol. The van der Waals surface area contributed by atoms with Crippen LogP contribution in [0.15, 0.2) is 42.7 Å². The maximum atomic E-state index is 13.5. The van der Waals surface area contributed by atoms with E-state index in [1.54, 1.807) is 12.4 Å². The van der Waals surface area contributed by atoms with E-state index in [1.165, 1.54) is 19.2 Å². The fourth-order valence-corrected chi connectivity index (χ4v) is 4.49. The molecule has 4 aromatic rings. The highest BCUT2D eigenvalue weighted by Gasteiger charge is 2.21. The van der Waals surface area contributed by atoms with Crippen LogP contribution in [0.2, 0.25) is 0 Å². The SMILES string of the molecule is COCC(=O)Nc1ccc2[nH]c3c(N4CCN(CCc5ccc(F)c(F)c5)CC4)ncnc3c2c1. The first-order valence-electron chi connectivity index (χ1n) is 11.5. The van der Waals surface area contributed by atoms with Crippen LogP contribution in [-0.4, -0.2) is 72.2 Å². The lowest BCUT2D eigenvalue weighted by atomic mass is 10.1. The third-order valence-corrected chi connectivity index (χ3v) is 6.29. The molecule has 0 saturated carbocycles. The van der Waals surface area contributed by atoms with E-state index in [-0.39, 0.29) is 12.5 Å². The molecule has 1 saturated heterocycles. The zero-order chi connectivity index (χ0) is 24.4. The molecule has 0 radical (unpaired) electrons. The van der Waals surface area contributed by atoms with E-state index in [0.717, 1.165) is 66.0 Å². The minimum Gasteiger partial charge on any atom is -0.375 e. The third-order valence-electron chi connectivity index (χ3n) is 6.29. The predicted octanol–water partition coefficient (Wildman–Crippen LogP) is 3.34. The van der Waals surface area contributed by atoms with Gasteiger partial charge >= 0.3 is 0 Å². The number of amides is 1. The van der Waals surface area contributed by atoms with Gasteiger partial charge in [0.1, 0.15) is 24.0 Å². The minimum atomic E-state index is -0.817. The Morgan fingerprint density at radius 3 is 2.69 bits per heavy atom. The largest absolute Gasteiger partial charge is 0.375 e. The van der Waals surface area contributed by atoms with Crippen molar-refractivity contribution in [3.8, 4) is 0 Å². The number of hydrogen-bond donors (Lipinski definition) is 2. The van der Waals surface area contributed by atoms with Crippen LogP contribution in [0.5, 0.6) is 0 Å². The summed E-state index contributed by atoms with van der Waals surface area (Å²) in [6, 6.07) is 9.74. The number of nitrogens with zero attached hydrogens (tertiary/aromatic N) is 4. The van der Waals surface area contributed by atoms with Crippen LogP contribution < -0.4 is 10.2 Å². The zero-order valence-corrected chi connectivity index (χ0v) is 19.4. The number of carbonyl (C=O) groups excluding carboxylic acids is 1. The summed E-state index contributed by atoms with van der Waals surface area (Å²) in [5, 5.41) is 3.73. The smallest absolute Gasteiger partial charge is 0.250 e. The van der Waals surface area contributed by atoms with Crippen molar-refractivity contribution in [1.82, 2.24) is 19.9 Å². The van der Waals surface area contributed by atoms with Crippen molar-refractivity contribution in [2.24, 2.45) is 0 Å². The molecule has 1 fully saturated rings. The molecule has 2 aromatic carbocycles. The Labute approximate surface area is 200 Å². The highest BCUT2D eigenvalue weighted by atomic mass is 19.2. The second kappa shape index (κ2) is 9.93. The standard InChI is InChI=1S/C25H26F2N6O2/c1-35-14-22(34)30-17-3-5-21-18(13-17)23-24(31-21)25(29-15-28-23)33-10-8-32(9-11-33)7-6-16-2-4-19(26)20(27)12-16/h2-5,12-13,15,31H,6-11,14H2,1H3,(H,30,34). The quantitative estimate of drug-likeness (QED) is 0.422. The van der Waals surface area contributed by atoms with Crippen LogP contribution in [0, 0.1) is 11.6 Å². The van der Waals surface area contributed by atoms with Crippen molar-refractivity contribution in [3.05, 3.63) is 59.9 Å². The second-order valence-electron chi connectivity index (χ2n) is 8.61. The van der Waals surface area contributed by atoms with Gasteiger partial charge in [-0.2, -0.15) is 0 Å². The van der Waals surface area contributed by atoms with E-state index < -0.39 is 11.6 Å². The van der Waals surface area contributed by atoms with Crippen LogP contribution in [0.3, 0.4) is 0 Å². The van der Waals surface area contributed by atoms with Gasteiger partial charge < -0.3 is 19.9 Å². The molecule has 0 bridgehead atoms. The molecule has 0 aliphatic carbocycles. The normalized spacial score (nSPS) is 14.7. The molecule has 2 aromatic heterocycles. The molecule has 3 heterocycles. The molecular formula is C25H26F2N6O2. The van der Waals surface area contributed by atoms with E-state index in [1.807, 2.05) is 18.2 Å². The summed E-state index contributed by atoms with van der Waals surface area (Å²) >= 11 is 0. The first kappa shape index (κ1) is 23.1. The Morgan fingerprint density at radius 1 is 1.09 bits per heavy atom. The molecule has 2 N–H and O–H groups in total. The number of fused-ring (bicyclic) bond motifs is 3. The van der Waals surface area contributed by atoms with E-state index in [9.17, 15) is 13.6 Å². The average Bonchev–Trinajstić information content (AvgIpc) is 3.23. The molecule has 0 atom stereocenters. The van der Waals surface area contributed by atoms with E-state index in [2.05, 4.69) is 30.1 Å². The second-order valence-corrected chi connectivity index (χ2v) is 8.61. The van der Waals surface area contributed by atoms with Gasteiger partial charge in [-0.05, 0) is 42.3 Å². The van der Waals surface area contributed by atoms with Crippen LogP contribution in [0.1, 0.15) is 5.56 Å². The minimum absolute atomic E-state index is 0.00892. The van der Waals surface area contributed by atoms with Crippen molar-refractivity contribution in [2.75, 3.05) is 56.7 Å². The molecule has 1 aliphatic rings. The molecule has 1 amide bonds. The first-order chi connectivity index (χ1) is 17.0. The average molecular weight is 481 g/mol. The fraction of sp³-hybridized carbons (Fsp3) is 0.320. The molecule has 182 valence electrons. The number of piperazine rings is 1. The van der Waals surface area contributed by atoms with Gasteiger partial charge in [0.05, 0.1) is 0 Å². The number of aromatic nitrogens is 3. The number of nitrogens with one attached hydrogen (secondary N) is 2. The summed E-state index contributed by atoms with van der Waals surface area (Å²) in [5.41, 5.74) is 4.04. The van der Waals surface area contributed by atoms with Gasteiger partial charge in [-0.3, -0.25) is 9.69 Å². The topological polar surface area (TPSA) is 86.4 Å². The third kappa shape index (κ3) is 4.94. The summed E-state index contributed by atoms with van der Waals surface area (Å²) in [5.74, 6) is -0.994.